The fraction of sp³-hybridized carbons (Fsp3) is 0.406. The van der Waals surface area contributed by atoms with Gasteiger partial charge in [-0.25, -0.2) is 0 Å². The number of aliphatic hydroxyl groups is 1. The number of phenols is 1. The zero-order valence-electron chi connectivity index (χ0n) is 22.7. The Balaban J connectivity index is 1.67. The second kappa shape index (κ2) is 10.7. The van der Waals surface area contributed by atoms with Gasteiger partial charge in [0.05, 0.1) is 6.10 Å². The fourth-order valence-corrected chi connectivity index (χ4v) is 6.24. The summed E-state index contributed by atoms with van der Waals surface area (Å²) in [4.78, 5) is 18.0. The van der Waals surface area contributed by atoms with Crippen molar-refractivity contribution < 1.29 is 15.0 Å². The summed E-state index contributed by atoms with van der Waals surface area (Å²) in [6.07, 6.45) is 0.736. The maximum absolute atomic E-state index is 14.0. The second-order valence-corrected chi connectivity index (χ2v) is 11.0. The average Bonchev–Trinajstić information content (AvgIpc) is 2.91. The fourth-order valence-electron chi connectivity index (χ4n) is 6.24. The van der Waals surface area contributed by atoms with Gasteiger partial charge in [-0.3, -0.25) is 9.69 Å². The molecular weight excluding hydrogens is 460 g/mol. The van der Waals surface area contributed by atoms with Crippen LogP contribution in [0, 0.1) is 6.92 Å². The molecule has 5 nitrogen and oxygen atoms in total. The van der Waals surface area contributed by atoms with Gasteiger partial charge in [0, 0.05) is 32.1 Å². The third kappa shape index (κ3) is 4.90. The first-order valence-electron chi connectivity index (χ1n) is 13.2. The van der Waals surface area contributed by atoms with Gasteiger partial charge < -0.3 is 15.1 Å². The smallest absolute Gasteiger partial charge is 0.237 e. The number of aliphatic hydroxyl groups excluding tert-OH is 1. The molecule has 0 aromatic heterocycles. The molecule has 2 N–H and O–H groups in total. The molecule has 37 heavy (non-hydrogen) atoms. The van der Waals surface area contributed by atoms with Crippen LogP contribution in [0.5, 0.6) is 5.75 Å². The Morgan fingerprint density at radius 1 is 1.03 bits per heavy atom. The van der Waals surface area contributed by atoms with Crippen LogP contribution >= 0.6 is 0 Å². The third-order valence-corrected chi connectivity index (χ3v) is 8.52. The number of piperidine rings is 1. The van der Waals surface area contributed by atoms with Crippen molar-refractivity contribution >= 4 is 5.91 Å². The number of amides is 1. The van der Waals surface area contributed by atoms with Crippen molar-refractivity contribution in [1.29, 1.82) is 0 Å². The third-order valence-electron chi connectivity index (χ3n) is 8.52. The molecule has 4 rings (SSSR count). The zero-order chi connectivity index (χ0) is 26.8. The van der Waals surface area contributed by atoms with Gasteiger partial charge in [0.25, 0.3) is 0 Å². The monoisotopic (exact) mass is 500 g/mol. The Bertz CT molecular complexity index is 1170. The topological polar surface area (TPSA) is 64.0 Å². The normalized spacial score (nSPS) is 22.5. The Labute approximate surface area is 221 Å². The average molecular weight is 501 g/mol. The lowest BCUT2D eigenvalue weighted by Crippen LogP contribution is -2.58. The van der Waals surface area contributed by atoms with Gasteiger partial charge in [0.1, 0.15) is 11.2 Å². The Morgan fingerprint density at radius 3 is 2.14 bits per heavy atom. The van der Waals surface area contributed by atoms with Gasteiger partial charge >= 0.3 is 0 Å². The quantitative estimate of drug-likeness (QED) is 0.486. The highest BCUT2D eigenvalue weighted by atomic mass is 16.3. The molecule has 1 unspecified atom stereocenters. The largest absolute Gasteiger partial charge is 0.508 e. The summed E-state index contributed by atoms with van der Waals surface area (Å²) in [5.74, 6) is 0.275. The predicted octanol–water partition coefficient (Wildman–Crippen LogP) is 4.88. The molecule has 0 spiro atoms. The first-order chi connectivity index (χ1) is 17.6. The highest BCUT2D eigenvalue weighted by Crippen LogP contribution is 2.42. The van der Waals surface area contributed by atoms with E-state index in [1.807, 2.05) is 87.7 Å². The van der Waals surface area contributed by atoms with E-state index in [0.29, 0.717) is 13.0 Å². The van der Waals surface area contributed by atoms with Gasteiger partial charge in [0.2, 0.25) is 5.91 Å². The van der Waals surface area contributed by atoms with Crippen LogP contribution in [0.3, 0.4) is 0 Å². The van der Waals surface area contributed by atoms with Crippen molar-refractivity contribution in [3.8, 4) is 5.75 Å². The Hall–Kier alpha value is -3.15. The molecule has 0 bridgehead atoms. The summed E-state index contributed by atoms with van der Waals surface area (Å²) in [6.45, 7) is 7.66. The number of nitrogens with zero attached hydrogens (tertiary/aromatic N) is 2. The zero-order valence-corrected chi connectivity index (χ0v) is 22.7. The van der Waals surface area contributed by atoms with Gasteiger partial charge in [-0.15, -0.1) is 0 Å². The second-order valence-electron chi connectivity index (χ2n) is 11.0. The molecule has 0 aliphatic carbocycles. The summed E-state index contributed by atoms with van der Waals surface area (Å²) in [6, 6.07) is 25.4. The number of aromatic hydroxyl groups is 1. The number of rotatable bonds is 7. The minimum Gasteiger partial charge on any atom is -0.508 e. The Kier molecular flexibility index (Phi) is 7.77. The molecule has 0 radical (unpaired) electrons. The Morgan fingerprint density at radius 2 is 1.59 bits per heavy atom. The van der Waals surface area contributed by atoms with Crippen molar-refractivity contribution in [2.45, 2.75) is 56.6 Å². The summed E-state index contributed by atoms with van der Waals surface area (Å²) in [5.41, 5.74) is 2.73. The number of hydrogen-bond acceptors (Lipinski definition) is 4. The molecular formula is C32H40N2O3. The number of aryl methyl sites for hydroxylation is 1. The standard InChI is InChI=1S/C32H40N2O3/c1-23-16-17-27(35)22-28(23)31(3)18-20-34(24(2)29(31)36)21-19-32(30(37)33(4)5,25-12-8-6-9-13-25)26-14-10-7-11-15-26/h6-17,22,24,29,35-36H,18-21H2,1-5H3/t24?,29-,31+/m0/s1. The van der Waals surface area contributed by atoms with Crippen LogP contribution in [-0.2, 0) is 15.6 Å². The van der Waals surface area contributed by atoms with E-state index in [4.69, 9.17) is 0 Å². The molecule has 1 amide bonds. The van der Waals surface area contributed by atoms with Crippen molar-refractivity contribution in [2.75, 3.05) is 27.2 Å². The predicted molar refractivity (Wildman–Crippen MR) is 149 cm³/mol. The molecule has 3 aromatic carbocycles. The summed E-state index contributed by atoms with van der Waals surface area (Å²) >= 11 is 0. The molecule has 1 heterocycles. The summed E-state index contributed by atoms with van der Waals surface area (Å²) < 4.78 is 0. The molecule has 3 aromatic rings. The van der Waals surface area contributed by atoms with E-state index in [2.05, 4.69) is 18.7 Å². The van der Waals surface area contributed by atoms with Crippen LogP contribution in [0.15, 0.2) is 78.9 Å². The summed E-state index contributed by atoms with van der Waals surface area (Å²) in [5, 5.41) is 21.7. The lowest BCUT2D eigenvalue weighted by Gasteiger charge is -2.49. The van der Waals surface area contributed by atoms with Gasteiger partial charge in [-0.05, 0) is 67.6 Å². The SMILES string of the molecule is Cc1ccc(O)cc1[C@@]1(C)CCN(CCC(C(=O)N(C)C)(c2ccccc2)c2ccccc2)C(C)[C@@H]1O. The van der Waals surface area contributed by atoms with Crippen molar-refractivity contribution in [2.24, 2.45) is 0 Å². The molecule has 3 atom stereocenters. The van der Waals surface area contributed by atoms with E-state index in [-0.39, 0.29) is 17.7 Å². The molecule has 1 saturated heterocycles. The highest BCUT2D eigenvalue weighted by molar-refractivity contribution is 5.92. The van der Waals surface area contributed by atoms with E-state index in [1.54, 1.807) is 17.0 Å². The molecule has 1 aliphatic rings. The van der Waals surface area contributed by atoms with Crippen molar-refractivity contribution in [3.63, 3.8) is 0 Å². The minimum absolute atomic E-state index is 0.0512. The van der Waals surface area contributed by atoms with E-state index < -0.39 is 16.9 Å². The molecule has 5 heteroatoms. The van der Waals surface area contributed by atoms with E-state index in [0.717, 1.165) is 35.2 Å². The van der Waals surface area contributed by atoms with Crippen molar-refractivity contribution in [3.05, 3.63) is 101 Å². The first-order valence-corrected chi connectivity index (χ1v) is 13.2. The van der Waals surface area contributed by atoms with Crippen LogP contribution in [-0.4, -0.2) is 65.3 Å². The number of benzene rings is 3. The molecule has 0 saturated carbocycles. The minimum atomic E-state index is -0.834. The number of hydrogen-bond donors (Lipinski definition) is 2. The summed E-state index contributed by atoms with van der Waals surface area (Å²) in [7, 11) is 3.64. The molecule has 1 aliphatic heterocycles. The maximum Gasteiger partial charge on any atom is 0.237 e. The van der Waals surface area contributed by atoms with E-state index in [9.17, 15) is 15.0 Å². The van der Waals surface area contributed by atoms with Crippen molar-refractivity contribution in [1.82, 2.24) is 9.80 Å². The highest BCUT2D eigenvalue weighted by Gasteiger charge is 2.47. The number of carbonyl (C=O) groups excluding carboxylic acids is 1. The maximum atomic E-state index is 14.0. The lowest BCUT2D eigenvalue weighted by molar-refractivity contribution is -0.134. The van der Waals surface area contributed by atoms with Crippen LogP contribution in [0.4, 0.5) is 0 Å². The number of carbonyl (C=O) groups is 1. The van der Waals surface area contributed by atoms with Gasteiger partial charge in [-0.2, -0.15) is 0 Å². The van der Waals surface area contributed by atoms with Crippen LogP contribution < -0.4 is 0 Å². The molecule has 1 fully saturated rings. The van der Waals surface area contributed by atoms with E-state index >= 15 is 0 Å². The van der Waals surface area contributed by atoms with Crippen LogP contribution in [0.2, 0.25) is 0 Å². The lowest BCUT2D eigenvalue weighted by atomic mass is 9.68. The van der Waals surface area contributed by atoms with Crippen LogP contribution in [0.25, 0.3) is 0 Å². The number of likely N-dealkylation sites (tertiary alicyclic amines) is 1. The van der Waals surface area contributed by atoms with Gasteiger partial charge in [0.15, 0.2) is 0 Å². The number of phenolic OH excluding ortho intramolecular Hbond substituents is 1. The number of likely N-dealkylation sites (N-methyl/N-ethyl adjacent to an activating group) is 1. The van der Waals surface area contributed by atoms with Gasteiger partial charge in [-0.1, -0.05) is 73.7 Å². The van der Waals surface area contributed by atoms with Crippen LogP contribution in [0.1, 0.15) is 48.9 Å². The molecule has 196 valence electrons. The van der Waals surface area contributed by atoms with E-state index in [1.165, 1.54) is 0 Å². The first kappa shape index (κ1) is 26.9.